The van der Waals surface area contributed by atoms with Crippen LogP contribution in [0.4, 0.5) is 5.69 Å². The third-order valence-electron chi connectivity index (χ3n) is 5.70. The standard InChI is InChI=1S/C24H25Cl2N3O3/c1-31-19-7-5-18(6-8-19)28-10-12-29(13-11-28)22(23-3-2-14-32-23)16-27-24(30)20-9-4-17(25)15-21(20)26/h2-9,14-15,22H,10-13,16H2,1H3,(H,27,30). The van der Waals surface area contributed by atoms with E-state index in [1.807, 2.05) is 24.3 Å². The van der Waals surface area contributed by atoms with Crippen LogP contribution in [-0.2, 0) is 0 Å². The van der Waals surface area contributed by atoms with E-state index in [2.05, 4.69) is 27.2 Å². The summed E-state index contributed by atoms with van der Waals surface area (Å²) in [5.74, 6) is 1.44. The summed E-state index contributed by atoms with van der Waals surface area (Å²) in [5.41, 5.74) is 1.57. The van der Waals surface area contributed by atoms with E-state index >= 15 is 0 Å². The molecular formula is C24H25Cl2N3O3. The molecule has 6 nitrogen and oxygen atoms in total. The van der Waals surface area contributed by atoms with E-state index in [1.54, 1.807) is 31.6 Å². The number of methoxy groups -OCH3 is 1. The van der Waals surface area contributed by atoms with Gasteiger partial charge in [-0.1, -0.05) is 23.2 Å². The number of carbonyl (C=O) groups excluding carboxylic acids is 1. The number of benzene rings is 2. The second-order valence-electron chi connectivity index (χ2n) is 7.59. The predicted molar refractivity (Wildman–Crippen MR) is 127 cm³/mol. The van der Waals surface area contributed by atoms with E-state index < -0.39 is 0 Å². The summed E-state index contributed by atoms with van der Waals surface area (Å²) >= 11 is 12.1. The smallest absolute Gasteiger partial charge is 0.252 e. The molecule has 1 unspecified atom stereocenters. The molecule has 0 aliphatic carbocycles. The van der Waals surface area contributed by atoms with Gasteiger partial charge < -0.3 is 19.4 Å². The first kappa shape index (κ1) is 22.5. The molecule has 1 amide bonds. The molecule has 8 heteroatoms. The van der Waals surface area contributed by atoms with Gasteiger partial charge in [0.05, 0.1) is 30.0 Å². The van der Waals surface area contributed by atoms with Crippen molar-refractivity contribution in [1.82, 2.24) is 10.2 Å². The molecule has 1 aliphatic heterocycles. The minimum Gasteiger partial charge on any atom is -0.497 e. The molecule has 0 saturated carbocycles. The van der Waals surface area contributed by atoms with Gasteiger partial charge in [0, 0.05) is 43.4 Å². The molecule has 3 aromatic rings. The van der Waals surface area contributed by atoms with Crippen LogP contribution in [0.1, 0.15) is 22.2 Å². The van der Waals surface area contributed by atoms with Gasteiger partial charge in [-0.25, -0.2) is 0 Å². The van der Waals surface area contributed by atoms with Gasteiger partial charge in [0.2, 0.25) is 0 Å². The van der Waals surface area contributed by atoms with E-state index in [0.29, 0.717) is 22.2 Å². The van der Waals surface area contributed by atoms with Crippen LogP contribution in [0.3, 0.4) is 0 Å². The summed E-state index contributed by atoms with van der Waals surface area (Å²) in [4.78, 5) is 17.4. The number of amides is 1. The summed E-state index contributed by atoms with van der Waals surface area (Å²) in [6.45, 7) is 3.85. The van der Waals surface area contributed by atoms with Crippen molar-refractivity contribution in [2.75, 3.05) is 44.7 Å². The predicted octanol–water partition coefficient (Wildman–Crippen LogP) is 4.89. The average Bonchev–Trinajstić information content (AvgIpc) is 3.34. The van der Waals surface area contributed by atoms with Gasteiger partial charge in [-0.05, 0) is 54.6 Å². The molecule has 1 N–H and O–H groups in total. The fraction of sp³-hybridized carbons (Fsp3) is 0.292. The number of carbonyl (C=O) groups is 1. The molecule has 2 aromatic carbocycles. The van der Waals surface area contributed by atoms with Gasteiger partial charge in [0.25, 0.3) is 5.91 Å². The molecule has 0 spiro atoms. The highest BCUT2D eigenvalue weighted by Gasteiger charge is 2.27. The third kappa shape index (κ3) is 5.21. The summed E-state index contributed by atoms with van der Waals surface area (Å²) in [6.07, 6.45) is 1.66. The maximum absolute atomic E-state index is 12.7. The van der Waals surface area contributed by atoms with Crippen LogP contribution in [0.25, 0.3) is 0 Å². The van der Waals surface area contributed by atoms with Crippen molar-refractivity contribution in [3.63, 3.8) is 0 Å². The minimum absolute atomic E-state index is 0.0713. The maximum Gasteiger partial charge on any atom is 0.252 e. The number of anilines is 1. The second-order valence-corrected chi connectivity index (χ2v) is 8.43. The summed E-state index contributed by atoms with van der Waals surface area (Å²) in [7, 11) is 1.67. The zero-order valence-corrected chi connectivity index (χ0v) is 19.3. The number of nitrogens with zero attached hydrogens (tertiary/aromatic N) is 2. The van der Waals surface area contributed by atoms with E-state index in [9.17, 15) is 4.79 Å². The molecule has 1 aromatic heterocycles. The lowest BCUT2D eigenvalue weighted by atomic mass is 10.1. The number of nitrogens with one attached hydrogen (secondary N) is 1. The first-order valence-electron chi connectivity index (χ1n) is 10.4. The number of furan rings is 1. The van der Waals surface area contributed by atoms with E-state index in [-0.39, 0.29) is 11.9 Å². The number of halogens is 2. The third-order valence-corrected chi connectivity index (χ3v) is 6.24. The first-order valence-corrected chi connectivity index (χ1v) is 11.2. The highest BCUT2D eigenvalue weighted by atomic mass is 35.5. The molecule has 0 bridgehead atoms. The van der Waals surface area contributed by atoms with Gasteiger partial charge in [0.15, 0.2) is 0 Å². The molecule has 1 saturated heterocycles. The Morgan fingerprint density at radius 2 is 1.84 bits per heavy atom. The highest BCUT2D eigenvalue weighted by molar-refractivity contribution is 6.36. The SMILES string of the molecule is COc1ccc(N2CCN(C(CNC(=O)c3ccc(Cl)cc3Cl)c3ccco3)CC2)cc1. The summed E-state index contributed by atoms with van der Waals surface area (Å²) < 4.78 is 11.0. The fourth-order valence-electron chi connectivity index (χ4n) is 3.93. The van der Waals surface area contributed by atoms with Crippen molar-refractivity contribution in [2.24, 2.45) is 0 Å². The molecule has 0 radical (unpaired) electrons. The number of ether oxygens (including phenoxy) is 1. The zero-order chi connectivity index (χ0) is 22.5. The number of hydrogen-bond acceptors (Lipinski definition) is 5. The van der Waals surface area contributed by atoms with E-state index in [1.165, 1.54) is 5.69 Å². The highest BCUT2D eigenvalue weighted by Crippen LogP contribution is 2.26. The monoisotopic (exact) mass is 473 g/mol. The van der Waals surface area contributed by atoms with Crippen molar-refractivity contribution in [3.05, 3.63) is 82.2 Å². The van der Waals surface area contributed by atoms with E-state index in [4.69, 9.17) is 32.4 Å². The van der Waals surface area contributed by atoms with Crippen LogP contribution < -0.4 is 15.0 Å². The Morgan fingerprint density at radius 3 is 2.47 bits per heavy atom. The Morgan fingerprint density at radius 1 is 1.09 bits per heavy atom. The van der Waals surface area contributed by atoms with Gasteiger partial charge >= 0.3 is 0 Å². The maximum atomic E-state index is 12.7. The van der Waals surface area contributed by atoms with Crippen molar-refractivity contribution in [2.45, 2.75) is 6.04 Å². The van der Waals surface area contributed by atoms with Crippen LogP contribution in [0.5, 0.6) is 5.75 Å². The molecular weight excluding hydrogens is 449 g/mol. The van der Waals surface area contributed by atoms with Gasteiger partial charge in [-0.15, -0.1) is 0 Å². The molecule has 2 heterocycles. The normalized spacial score (nSPS) is 15.4. The van der Waals surface area contributed by atoms with Crippen LogP contribution in [-0.4, -0.2) is 50.6 Å². The topological polar surface area (TPSA) is 58.0 Å². The van der Waals surface area contributed by atoms with Crippen LogP contribution in [0.15, 0.2) is 65.3 Å². The second kappa shape index (κ2) is 10.3. The van der Waals surface area contributed by atoms with Crippen LogP contribution >= 0.6 is 23.2 Å². The quantitative estimate of drug-likeness (QED) is 0.529. The lowest BCUT2D eigenvalue weighted by Crippen LogP contribution is -2.49. The summed E-state index contributed by atoms with van der Waals surface area (Å²) in [6, 6.07) is 16.7. The van der Waals surface area contributed by atoms with Crippen LogP contribution in [0.2, 0.25) is 10.0 Å². The fourth-order valence-corrected chi connectivity index (χ4v) is 4.43. The molecule has 1 fully saturated rings. The number of hydrogen-bond donors (Lipinski definition) is 1. The summed E-state index contributed by atoms with van der Waals surface area (Å²) in [5, 5.41) is 3.83. The minimum atomic E-state index is -0.236. The number of piperazine rings is 1. The average molecular weight is 474 g/mol. The number of rotatable bonds is 7. The van der Waals surface area contributed by atoms with Crippen LogP contribution in [0, 0.1) is 0 Å². The molecule has 168 valence electrons. The van der Waals surface area contributed by atoms with Crippen molar-refractivity contribution < 1.29 is 13.9 Å². The molecule has 4 rings (SSSR count). The lowest BCUT2D eigenvalue weighted by molar-refractivity contribution is 0.0923. The Hall–Kier alpha value is -2.67. The van der Waals surface area contributed by atoms with Gasteiger partial charge in [-0.3, -0.25) is 9.69 Å². The molecule has 1 aliphatic rings. The lowest BCUT2D eigenvalue weighted by Gasteiger charge is -2.39. The Bertz CT molecular complexity index is 1030. The first-order chi connectivity index (χ1) is 15.5. The molecule has 32 heavy (non-hydrogen) atoms. The van der Waals surface area contributed by atoms with Gasteiger partial charge in [0.1, 0.15) is 11.5 Å². The largest absolute Gasteiger partial charge is 0.497 e. The van der Waals surface area contributed by atoms with Crippen molar-refractivity contribution >= 4 is 34.8 Å². The Kier molecular flexibility index (Phi) is 7.25. The van der Waals surface area contributed by atoms with Crippen molar-refractivity contribution in [1.29, 1.82) is 0 Å². The van der Waals surface area contributed by atoms with E-state index in [0.717, 1.165) is 37.7 Å². The van der Waals surface area contributed by atoms with Gasteiger partial charge in [-0.2, -0.15) is 0 Å². The Labute approximate surface area is 197 Å². The Balaban J connectivity index is 1.41. The molecule has 1 atom stereocenters. The zero-order valence-electron chi connectivity index (χ0n) is 17.8. The van der Waals surface area contributed by atoms with Crippen molar-refractivity contribution in [3.8, 4) is 5.75 Å².